The molecule has 0 fully saturated rings. The van der Waals surface area contributed by atoms with Crippen molar-refractivity contribution in [3.05, 3.63) is 95.1 Å². The molecular weight excluding hydrogens is 468 g/mol. The minimum Gasteiger partial charge on any atom is -0.296 e. The summed E-state index contributed by atoms with van der Waals surface area (Å²) in [6.07, 6.45) is 1.18. The van der Waals surface area contributed by atoms with Gasteiger partial charge in [-0.05, 0) is 49.2 Å². The van der Waals surface area contributed by atoms with Gasteiger partial charge in [0, 0.05) is 11.1 Å². The van der Waals surface area contributed by atoms with Crippen LogP contribution in [0.3, 0.4) is 0 Å². The number of rotatable bonds is 7. The van der Waals surface area contributed by atoms with Gasteiger partial charge in [-0.1, -0.05) is 65.4 Å². The maximum Gasteiger partial charge on any atom is 0.257 e. The van der Waals surface area contributed by atoms with Crippen LogP contribution in [-0.4, -0.2) is 30.8 Å². The number of aromatic nitrogens is 2. The molecule has 0 spiro atoms. The van der Waals surface area contributed by atoms with Crippen LogP contribution in [0.2, 0.25) is 0 Å². The third kappa shape index (κ3) is 5.67. The standard InChI is InChI=1S/C25H24N4O3S2/c1-17-7-11-21(12-8-17)24-27-28-25(33-24)26-23(30)20-13-9-19(10-14-20)16-29(34(3,31)32)22-6-4-5-18(2)15-22/h4-15H,16H2,1-3H3,(H,26,28,30). The lowest BCUT2D eigenvalue weighted by Gasteiger charge is -2.23. The highest BCUT2D eigenvalue weighted by Gasteiger charge is 2.18. The Labute approximate surface area is 203 Å². The minimum atomic E-state index is -3.48. The largest absolute Gasteiger partial charge is 0.296 e. The molecule has 1 N–H and O–H groups in total. The molecule has 174 valence electrons. The Kier molecular flexibility index (Phi) is 6.76. The Bertz CT molecular complexity index is 1410. The zero-order valence-electron chi connectivity index (χ0n) is 19.0. The number of anilines is 2. The summed E-state index contributed by atoms with van der Waals surface area (Å²) in [5.41, 5.74) is 4.88. The molecule has 1 amide bonds. The fourth-order valence-electron chi connectivity index (χ4n) is 3.37. The Morgan fingerprint density at radius 1 is 0.941 bits per heavy atom. The number of hydrogen-bond acceptors (Lipinski definition) is 6. The van der Waals surface area contributed by atoms with Crippen LogP contribution in [0.5, 0.6) is 0 Å². The molecule has 9 heteroatoms. The molecule has 0 saturated carbocycles. The number of nitrogens with one attached hydrogen (secondary N) is 1. The number of benzene rings is 3. The van der Waals surface area contributed by atoms with Crippen LogP contribution in [0.25, 0.3) is 10.6 Å². The van der Waals surface area contributed by atoms with Crippen LogP contribution < -0.4 is 9.62 Å². The van der Waals surface area contributed by atoms with E-state index in [0.717, 1.165) is 27.3 Å². The van der Waals surface area contributed by atoms with E-state index in [4.69, 9.17) is 0 Å². The van der Waals surface area contributed by atoms with Gasteiger partial charge in [0.2, 0.25) is 15.2 Å². The maximum absolute atomic E-state index is 12.7. The van der Waals surface area contributed by atoms with Gasteiger partial charge >= 0.3 is 0 Å². The average Bonchev–Trinajstić information content (AvgIpc) is 3.26. The summed E-state index contributed by atoms with van der Waals surface area (Å²) in [5, 5.41) is 12.1. The fraction of sp³-hybridized carbons (Fsp3) is 0.160. The highest BCUT2D eigenvalue weighted by molar-refractivity contribution is 7.92. The summed E-state index contributed by atoms with van der Waals surface area (Å²) < 4.78 is 26.1. The number of nitrogens with zero attached hydrogens (tertiary/aromatic N) is 3. The monoisotopic (exact) mass is 492 g/mol. The number of sulfonamides is 1. The van der Waals surface area contributed by atoms with E-state index in [9.17, 15) is 13.2 Å². The lowest BCUT2D eigenvalue weighted by Crippen LogP contribution is -2.29. The summed E-state index contributed by atoms with van der Waals surface area (Å²) in [4.78, 5) is 12.7. The second kappa shape index (κ2) is 9.74. The van der Waals surface area contributed by atoms with Crippen LogP contribution >= 0.6 is 11.3 Å². The average molecular weight is 493 g/mol. The van der Waals surface area contributed by atoms with Gasteiger partial charge in [-0.3, -0.25) is 14.4 Å². The number of hydrogen-bond donors (Lipinski definition) is 1. The van der Waals surface area contributed by atoms with E-state index in [1.165, 1.54) is 21.9 Å². The molecule has 3 aromatic carbocycles. The molecule has 0 aliphatic rings. The Balaban J connectivity index is 1.46. The molecule has 4 rings (SSSR count). The molecule has 7 nitrogen and oxygen atoms in total. The first-order valence-electron chi connectivity index (χ1n) is 10.5. The van der Waals surface area contributed by atoms with Crippen molar-refractivity contribution in [2.45, 2.75) is 20.4 Å². The summed E-state index contributed by atoms with van der Waals surface area (Å²) in [7, 11) is -3.48. The first-order chi connectivity index (χ1) is 16.2. The molecule has 0 unspecified atom stereocenters. The zero-order valence-corrected chi connectivity index (χ0v) is 20.7. The van der Waals surface area contributed by atoms with Crippen LogP contribution in [0, 0.1) is 13.8 Å². The molecule has 0 saturated heterocycles. The predicted octanol–water partition coefficient (Wildman–Crippen LogP) is 5.04. The summed E-state index contributed by atoms with van der Waals surface area (Å²) in [5.74, 6) is -0.309. The van der Waals surface area contributed by atoms with E-state index < -0.39 is 10.0 Å². The SMILES string of the molecule is Cc1ccc(-c2nnc(NC(=O)c3ccc(CN(c4cccc(C)c4)S(C)(=O)=O)cc3)s2)cc1. The van der Waals surface area contributed by atoms with E-state index in [2.05, 4.69) is 15.5 Å². The van der Waals surface area contributed by atoms with Gasteiger partial charge in [0.05, 0.1) is 18.5 Å². The molecule has 34 heavy (non-hydrogen) atoms. The molecule has 0 bridgehead atoms. The lowest BCUT2D eigenvalue weighted by atomic mass is 10.1. The number of carbonyl (C=O) groups excluding carboxylic acids is 1. The summed E-state index contributed by atoms with van der Waals surface area (Å²) >= 11 is 1.30. The molecule has 1 heterocycles. The summed E-state index contributed by atoms with van der Waals surface area (Å²) in [6.45, 7) is 4.10. The molecule has 1 aromatic heterocycles. The van der Waals surface area contributed by atoms with Crippen molar-refractivity contribution in [1.82, 2.24) is 10.2 Å². The fourth-order valence-corrected chi connectivity index (χ4v) is 4.99. The van der Waals surface area contributed by atoms with Crippen LogP contribution in [0.15, 0.2) is 72.8 Å². The van der Waals surface area contributed by atoms with Crippen molar-refractivity contribution in [3.8, 4) is 10.6 Å². The Hall–Kier alpha value is -3.56. The van der Waals surface area contributed by atoms with Gasteiger partial charge in [-0.25, -0.2) is 8.42 Å². The molecule has 0 aliphatic heterocycles. The third-order valence-corrected chi connectivity index (χ3v) is 7.20. The second-order valence-electron chi connectivity index (χ2n) is 8.04. The van der Waals surface area contributed by atoms with Crippen molar-refractivity contribution in [1.29, 1.82) is 0 Å². The van der Waals surface area contributed by atoms with Gasteiger partial charge in [-0.2, -0.15) is 0 Å². The van der Waals surface area contributed by atoms with Crippen LogP contribution in [0.1, 0.15) is 27.0 Å². The van der Waals surface area contributed by atoms with Gasteiger partial charge in [0.15, 0.2) is 0 Å². The lowest BCUT2D eigenvalue weighted by molar-refractivity contribution is 0.102. The van der Waals surface area contributed by atoms with Crippen molar-refractivity contribution in [3.63, 3.8) is 0 Å². The quantitative estimate of drug-likeness (QED) is 0.390. The van der Waals surface area contributed by atoms with E-state index in [0.29, 0.717) is 16.4 Å². The van der Waals surface area contributed by atoms with Crippen LogP contribution in [0.4, 0.5) is 10.8 Å². The van der Waals surface area contributed by atoms with Gasteiger partial charge < -0.3 is 0 Å². The van der Waals surface area contributed by atoms with E-state index in [1.807, 2.05) is 56.3 Å². The maximum atomic E-state index is 12.7. The molecule has 0 radical (unpaired) electrons. The van der Waals surface area contributed by atoms with E-state index in [-0.39, 0.29) is 12.5 Å². The second-order valence-corrected chi connectivity index (χ2v) is 10.9. The molecule has 0 aliphatic carbocycles. The van der Waals surface area contributed by atoms with Crippen molar-refractivity contribution in [2.75, 3.05) is 15.9 Å². The molecular formula is C25H24N4O3S2. The predicted molar refractivity (Wildman–Crippen MR) is 137 cm³/mol. The van der Waals surface area contributed by atoms with Crippen LogP contribution in [-0.2, 0) is 16.6 Å². The van der Waals surface area contributed by atoms with Crippen molar-refractivity contribution >= 4 is 38.1 Å². The molecule has 4 aromatic rings. The first-order valence-corrected chi connectivity index (χ1v) is 13.2. The van der Waals surface area contributed by atoms with Gasteiger partial charge in [0.25, 0.3) is 5.91 Å². The number of aryl methyl sites for hydroxylation is 2. The smallest absolute Gasteiger partial charge is 0.257 e. The normalized spacial score (nSPS) is 11.3. The van der Waals surface area contributed by atoms with Crippen molar-refractivity contribution < 1.29 is 13.2 Å². The van der Waals surface area contributed by atoms with Crippen molar-refractivity contribution in [2.24, 2.45) is 0 Å². The zero-order chi connectivity index (χ0) is 24.3. The van der Waals surface area contributed by atoms with Gasteiger partial charge in [-0.15, -0.1) is 10.2 Å². The highest BCUT2D eigenvalue weighted by Crippen LogP contribution is 2.27. The Morgan fingerprint density at radius 3 is 2.29 bits per heavy atom. The minimum absolute atomic E-state index is 0.167. The number of carbonyl (C=O) groups is 1. The van der Waals surface area contributed by atoms with Gasteiger partial charge in [0.1, 0.15) is 5.01 Å². The Morgan fingerprint density at radius 2 is 1.65 bits per heavy atom. The molecule has 0 atom stereocenters. The third-order valence-electron chi connectivity index (χ3n) is 5.18. The van der Waals surface area contributed by atoms with E-state index >= 15 is 0 Å². The number of amides is 1. The highest BCUT2D eigenvalue weighted by atomic mass is 32.2. The van der Waals surface area contributed by atoms with E-state index in [1.54, 1.807) is 30.3 Å². The summed E-state index contributed by atoms with van der Waals surface area (Å²) in [6, 6.07) is 22.1. The first kappa shape index (κ1) is 23.6. The topological polar surface area (TPSA) is 92.3 Å².